The first-order chi connectivity index (χ1) is 10.1. The van der Waals surface area contributed by atoms with Gasteiger partial charge in [0.15, 0.2) is 0 Å². The third-order valence-electron chi connectivity index (χ3n) is 3.02. The quantitative estimate of drug-likeness (QED) is 0.682. The predicted molar refractivity (Wildman–Crippen MR) is 83.7 cm³/mol. The van der Waals surface area contributed by atoms with Gasteiger partial charge in [0.2, 0.25) is 11.7 Å². The summed E-state index contributed by atoms with van der Waals surface area (Å²) in [6.45, 7) is 6.10. The highest BCUT2D eigenvalue weighted by molar-refractivity contribution is 6.32. The molecule has 0 radical (unpaired) electrons. The van der Waals surface area contributed by atoms with Crippen LogP contribution >= 0.6 is 11.6 Å². The lowest BCUT2D eigenvalue weighted by molar-refractivity contribution is 0.242. The molecule has 0 atom stereocenters. The maximum Gasteiger partial charge on any atom is 0.226 e. The van der Waals surface area contributed by atoms with Gasteiger partial charge in [0, 0.05) is 12.0 Å². The lowest BCUT2D eigenvalue weighted by Gasteiger charge is -2.11. The van der Waals surface area contributed by atoms with Gasteiger partial charge >= 0.3 is 0 Å². The number of unbranched alkanes of at least 4 members (excludes halogenated alkanes) is 2. The molecule has 0 N–H and O–H groups in total. The molecule has 114 valence electrons. The number of hydrogen-bond donors (Lipinski definition) is 0. The highest BCUT2D eigenvalue weighted by atomic mass is 35.5. The van der Waals surface area contributed by atoms with Gasteiger partial charge in [-0.1, -0.05) is 36.5 Å². The average molecular weight is 309 g/mol. The van der Waals surface area contributed by atoms with Crippen LogP contribution in [0.5, 0.6) is 5.75 Å². The van der Waals surface area contributed by atoms with E-state index in [9.17, 15) is 0 Å². The van der Waals surface area contributed by atoms with Crippen molar-refractivity contribution in [1.29, 1.82) is 0 Å². The van der Waals surface area contributed by atoms with Crippen LogP contribution in [0.15, 0.2) is 22.7 Å². The number of rotatable bonds is 7. The monoisotopic (exact) mass is 308 g/mol. The Labute approximate surface area is 130 Å². The number of ether oxygens (including phenoxy) is 1. The Hall–Kier alpha value is -1.55. The van der Waals surface area contributed by atoms with Gasteiger partial charge in [-0.3, -0.25) is 0 Å². The van der Waals surface area contributed by atoms with E-state index in [1.165, 1.54) is 12.8 Å². The van der Waals surface area contributed by atoms with Crippen LogP contribution < -0.4 is 4.74 Å². The fourth-order valence-corrected chi connectivity index (χ4v) is 2.21. The summed E-state index contributed by atoms with van der Waals surface area (Å²) in [7, 11) is 0. The summed E-state index contributed by atoms with van der Waals surface area (Å²) in [4.78, 5) is 4.41. The Morgan fingerprint density at radius 1 is 1.29 bits per heavy atom. The average Bonchev–Trinajstić information content (AvgIpc) is 2.90. The second-order valence-electron chi connectivity index (χ2n) is 5.28. The molecule has 4 nitrogen and oxygen atoms in total. The number of halogens is 1. The molecule has 0 unspecified atom stereocenters. The standard InChI is InChI=1S/C16H21ClN2O2/c1-4-5-6-7-15-18-16(19-21-15)12-8-9-14(13(17)10-12)20-11(2)3/h8-11H,4-7H2,1-3H3. The van der Waals surface area contributed by atoms with Crippen LogP contribution in [0.3, 0.4) is 0 Å². The van der Waals surface area contributed by atoms with Crippen molar-refractivity contribution in [2.75, 3.05) is 0 Å². The minimum Gasteiger partial charge on any atom is -0.489 e. The van der Waals surface area contributed by atoms with Crippen LogP contribution in [0.4, 0.5) is 0 Å². The number of aryl methyl sites for hydroxylation is 1. The molecule has 0 aliphatic rings. The van der Waals surface area contributed by atoms with Gasteiger partial charge in [0.05, 0.1) is 11.1 Å². The Bertz CT molecular complexity index is 581. The molecule has 0 saturated heterocycles. The summed E-state index contributed by atoms with van der Waals surface area (Å²) in [5.74, 6) is 1.92. The largest absolute Gasteiger partial charge is 0.489 e. The van der Waals surface area contributed by atoms with E-state index in [1.807, 2.05) is 26.0 Å². The molecule has 5 heteroatoms. The van der Waals surface area contributed by atoms with Crippen molar-refractivity contribution in [2.45, 2.75) is 52.6 Å². The zero-order valence-corrected chi connectivity index (χ0v) is 13.5. The van der Waals surface area contributed by atoms with Crippen LogP contribution in [-0.2, 0) is 6.42 Å². The molecule has 0 aliphatic carbocycles. The topological polar surface area (TPSA) is 48.2 Å². The van der Waals surface area contributed by atoms with E-state index in [0.29, 0.717) is 22.5 Å². The van der Waals surface area contributed by atoms with Gasteiger partial charge in [-0.2, -0.15) is 4.98 Å². The second kappa shape index (κ2) is 7.46. The molecule has 0 aliphatic heterocycles. The number of hydrogen-bond acceptors (Lipinski definition) is 4. The molecular weight excluding hydrogens is 288 g/mol. The highest BCUT2D eigenvalue weighted by Gasteiger charge is 2.11. The SMILES string of the molecule is CCCCCc1nc(-c2ccc(OC(C)C)c(Cl)c2)no1. The van der Waals surface area contributed by atoms with Gasteiger partial charge in [0.25, 0.3) is 0 Å². The molecular formula is C16H21ClN2O2. The van der Waals surface area contributed by atoms with Crippen molar-refractivity contribution in [1.82, 2.24) is 10.1 Å². The Kier molecular flexibility index (Phi) is 5.62. The predicted octanol–water partition coefficient (Wildman–Crippen LogP) is 4.91. The van der Waals surface area contributed by atoms with Gasteiger partial charge in [-0.25, -0.2) is 0 Å². The van der Waals surface area contributed by atoms with Gasteiger partial charge in [0.1, 0.15) is 5.75 Å². The van der Waals surface area contributed by atoms with Crippen molar-refractivity contribution in [3.63, 3.8) is 0 Å². The molecule has 0 amide bonds. The molecule has 0 saturated carbocycles. The maximum absolute atomic E-state index is 6.22. The first kappa shape index (κ1) is 15.8. The lowest BCUT2D eigenvalue weighted by Crippen LogP contribution is -2.05. The van der Waals surface area contributed by atoms with E-state index < -0.39 is 0 Å². The smallest absolute Gasteiger partial charge is 0.226 e. The zero-order chi connectivity index (χ0) is 15.2. The first-order valence-corrected chi connectivity index (χ1v) is 7.77. The van der Waals surface area contributed by atoms with E-state index in [4.69, 9.17) is 20.9 Å². The highest BCUT2D eigenvalue weighted by Crippen LogP contribution is 2.30. The molecule has 0 fully saturated rings. The van der Waals surface area contributed by atoms with E-state index >= 15 is 0 Å². The molecule has 2 aromatic rings. The molecule has 2 rings (SSSR count). The summed E-state index contributed by atoms with van der Waals surface area (Å²) >= 11 is 6.22. The van der Waals surface area contributed by atoms with E-state index in [1.54, 1.807) is 6.07 Å². The van der Waals surface area contributed by atoms with Gasteiger partial charge < -0.3 is 9.26 Å². The third-order valence-corrected chi connectivity index (χ3v) is 3.31. The van der Waals surface area contributed by atoms with Crippen LogP contribution in [0.2, 0.25) is 5.02 Å². The summed E-state index contributed by atoms with van der Waals surface area (Å²) in [6.07, 6.45) is 4.32. The van der Waals surface area contributed by atoms with Crippen molar-refractivity contribution < 1.29 is 9.26 Å². The molecule has 1 heterocycles. The van der Waals surface area contributed by atoms with Crippen LogP contribution in [0.25, 0.3) is 11.4 Å². The molecule has 1 aromatic carbocycles. The van der Waals surface area contributed by atoms with Crippen LogP contribution in [-0.4, -0.2) is 16.2 Å². The van der Waals surface area contributed by atoms with Gasteiger partial charge in [-0.15, -0.1) is 0 Å². The molecule has 0 spiro atoms. The third kappa shape index (κ3) is 4.46. The summed E-state index contributed by atoms with van der Waals surface area (Å²) in [5.41, 5.74) is 0.835. The van der Waals surface area contributed by atoms with Crippen molar-refractivity contribution in [2.24, 2.45) is 0 Å². The van der Waals surface area contributed by atoms with Crippen LogP contribution in [0.1, 0.15) is 45.9 Å². The van der Waals surface area contributed by atoms with Crippen molar-refractivity contribution in [3.05, 3.63) is 29.1 Å². The second-order valence-corrected chi connectivity index (χ2v) is 5.69. The summed E-state index contributed by atoms with van der Waals surface area (Å²) in [6, 6.07) is 5.54. The summed E-state index contributed by atoms with van der Waals surface area (Å²) in [5, 5.41) is 4.57. The fourth-order valence-electron chi connectivity index (χ4n) is 1.99. The fraction of sp³-hybridized carbons (Fsp3) is 0.500. The Balaban J connectivity index is 2.09. The number of aromatic nitrogens is 2. The zero-order valence-electron chi connectivity index (χ0n) is 12.7. The maximum atomic E-state index is 6.22. The van der Waals surface area contributed by atoms with Crippen molar-refractivity contribution in [3.8, 4) is 17.1 Å². The lowest BCUT2D eigenvalue weighted by atomic mass is 10.2. The van der Waals surface area contributed by atoms with Crippen LogP contribution in [0, 0.1) is 0 Å². The minimum atomic E-state index is 0.0868. The number of nitrogens with zero attached hydrogens (tertiary/aromatic N) is 2. The van der Waals surface area contributed by atoms with E-state index in [-0.39, 0.29) is 6.10 Å². The Morgan fingerprint density at radius 3 is 2.76 bits per heavy atom. The van der Waals surface area contributed by atoms with E-state index in [2.05, 4.69) is 17.1 Å². The Morgan fingerprint density at radius 2 is 2.10 bits per heavy atom. The van der Waals surface area contributed by atoms with E-state index in [0.717, 1.165) is 18.4 Å². The summed E-state index contributed by atoms with van der Waals surface area (Å²) < 4.78 is 10.9. The number of benzene rings is 1. The molecule has 0 bridgehead atoms. The first-order valence-electron chi connectivity index (χ1n) is 7.39. The normalized spacial score (nSPS) is 11.1. The molecule has 21 heavy (non-hydrogen) atoms. The minimum absolute atomic E-state index is 0.0868. The molecule has 1 aromatic heterocycles. The van der Waals surface area contributed by atoms with Gasteiger partial charge in [-0.05, 0) is 38.5 Å². The van der Waals surface area contributed by atoms with Crippen molar-refractivity contribution >= 4 is 11.6 Å².